The highest BCUT2D eigenvalue weighted by Crippen LogP contribution is 2.30. The van der Waals surface area contributed by atoms with E-state index in [4.69, 9.17) is 24.7 Å². The highest BCUT2D eigenvalue weighted by Gasteiger charge is 2.34. The van der Waals surface area contributed by atoms with Crippen LogP contribution in [0.25, 0.3) is 0 Å². The van der Waals surface area contributed by atoms with E-state index in [-0.39, 0.29) is 52.0 Å². The number of nitrogens with one attached hydrogen (secondary N) is 2. The summed E-state index contributed by atoms with van der Waals surface area (Å²) in [4.78, 5) is 50.6. The molecule has 0 fully saturated rings. The molecule has 0 saturated carbocycles. The number of aliphatic hydroxyl groups is 2. The van der Waals surface area contributed by atoms with Gasteiger partial charge in [0.25, 0.3) is 5.91 Å². The van der Waals surface area contributed by atoms with Gasteiger partial charge in [-0.2, -0.15) is 0 Å². The van der Waals surface area contributed by atoms with Crippen molar-refractivity contribution < 1.29 is 58.6 Å². The van der Waals surface area contributed by atoms with Crippen molar-refractivity contribution in [3.05, 3.63) is 82.3 Å². The SMILES string of the molecule is CC(C)(C)NCC(O)c1cc(O)cc(O)c1.COC1=C2C[C@@H](C)C[C@H](OC)[C@H](O)[C@@H](C)/C=C(\C)[C@H](OC(N)=O)[C@@H](OC)/C=C\C=C(/C)C(=O)NC(=CC1=O)C2=O. The quantitative estimate of drug-likeness (QED) is 0.154. The minimum Gasteiger partial charge on any atom is -0.508 e. The number of nitrogens with two attached hydrogens (primary N) is 1. The first-order chi connectivity index (χ1) is 26.1. The second kappa shape index (κ2) is 21.5. The molecule has 1 aliphatic carbocycles. The van der Waals surface area contributed by atoms with Gasteiger partial charge in [-0.05, 0) is 76.6 Å². The third-order valence-electron chi connectivity index (χ3n) is 9.08. The number of ketones is 2. The van der Waals surface area contributed by atoms with E-state index in [9.17, 15) is 39.6 Å². The molecule has 56 heavy (non-hydrogen) atoms. The first kappa shape index (κ1) is 47.4. The van der Waals surface area contributed by atoms with Crippen molar-refractivity contribution in [2.24, 2.45) is 17.6 Å². The van der Waals surface area contributed by atoms with E-state index in [0.717, 1.165) is 6.08 Å². The van der Waals surface area contributed by atoms with Crippen LogP contribution in [0.4, 0.5) is 4.79 Å². The summed E-state index contributed by atoms with van der Waals surface area (Å²) in [6, 6.07) is 4.11. The molecular formula is C41H59N3O12. The fraction of sp³-hybridized carbons (Fsp3) is 0.512. The summed E-state index contributed by atoms with van der Waals surface area (Å²) in [7, 11) is 4.21. The molecule has 8 N–H and O–H groups in total. The number of methoxy groups -OCH3 is 3. The summed E-state index contributed by atoms with van der Waals surface area (Å²) < 4.78 is 21.7. The van der Waals surface area contributed by atoms with Gasteiger partial charge in [-0.3, -0.25) is 14.4 Å². The Kier molecular flexibility index (Phi) is 18.2. The molecule has 0 aromatic heterocycles. The number of benzene rings is 1. The van der Waals surface area contributed by atoms with E-state index in [1.165, 1.54) is 52.5 Å². The molecule has 2 bridgehead atoms. The maximum Gasteiger partial charge on any atom is 0.405 e. The molecule has 0 radical (unpaired) electrons. The number of Topliss-reactive ketones (excluding diaryl/α,β-unsaturated/α-hetero) is 1. The molecule has 1 aromatic carbocycles. The molecule has 2 aliphatic rings. The second-order valence-electron chi connectivity index (χ2n) is 15.0. The van der Waals surface area contributed by atoms with Crippen molar-refractivity contribution in [1.82, 2.24) is 10.6 Å². The zero-order valence-electron chi connectivity index (χ0n) is 33.9. The predicted octanol–water partition coefficient (Wildman–Crippen LogP) is 3.93. The lowest BCUT2D eigenvalue weighted by atomic mass is 9.85. The van der Waals surface area contributed by atoms with Crippen molar-refractivity contribution in [3.8, 4) is 11.5 Å². The van der Waals surface area contributed by atoms with Crippen molar-refractivity contribution in [3.63, 3.8) is 0 Å². The number of amides is 2. The Balaban J connectivity index is 0.000000563. The van der Waals surface area contributed by atoms with Gasteiger partial charge in [-0.1, -0.05) is 38.2 Å². The number of β-amino-alcohol motifs (C(OH)–C–C–N with tert-alkyl or cyclic N) is 1. The van der Waals surface area contributed by atoms with E-state index in [1.807, 2.05) is 27.7 Å². The van der Waals surface area contributed by atoms with Crippen LogP contribution in [0.5, 0.6) is 11.5 Å². The van der Waals surface area contributed by atoms with E-state index in [2.05, 4.69) is 10.6 Å². The Morgan fingerprint density at radius 1 is 1.04 bits per heavy atom. The first-order valence-electron chi connectivity index (χ1n) is 18.2. The van der Waals surface area contributed by atoms with E-state index in [0.29, 0.717) is 24.1 Å². The lowest BCUT2D eigenvalue weighted by Gasteiger charge is -2.29. The molecule has 1 heterocycles. The van der Waals surface area contributed by atoms with Crippen LogP contribution < -0.4 is 16.4 Å². The van der Waals surface area contributed by atoms with Gasteiger partial charge in [0.05, 0.1) is 31.1 Å². The number of phenols is 2. The number of aromatic hydroxyl groups is 2. The number of fused-ring (bicyclic) bond motifs is 2. The Morgan fingerprint density at radius 2 is 1.66 bits per heavy atom. The molecule has 0 saturated heterocycles. The monoisotopic (exact) mass is 785 g/mol. The van der Waals surface area contributed by atoms with Crippen LogP contribution in [-0.4, -0.2) is 102 Å². The number of rotatable bonds is 7. The fourth-order valence-corrected chi connectivity index (χ4v) is 6.11. The fourth-order valence-electron chi connectivity index (χ4n) is 6.11. The van der Waals surface area contributed by atoms with Gasteiger partial charge in [0.1, 0.15) is 17.6 Å². The number of aliphatic hydroxyl groups excluding tert-OH is 2. The molecule has 1 unspecified atom stereocenters. The first-order valence-corrected chi connectivity index (χ1v) is 18.2. The Bertz CT molecular complexity index is 1700. The van der Waals surface area contributed by atoms with Crippen molar-refractivity contribution in [1.29, 1.82) is 0 Å². The molecule has 3 rings (SSSR count). The molecule has 1 aromatic rings. The molecule has 310 valence electrons. The summed E-state index contributed by atoms with van der Waals surface area (Å²) in [5.74, 6) is -2.49. The highest BCUT2D eigenvalue weighted by atomic mass is 16.6. The van der Waals surface area contributed by atoms with Crippen LogP contribution in [0.3, 0.4) is 0 Å². The minimum atomic E-state index is -1.00. The van der Waals surface area contributed by atoms with Gasteiger partial charge < -0.3 is 55.7 Å². The zero-order chi connectivity index (χ0) is 42.5. The van der Waals surface area contributed by atoms with Gasteiger partial charge in [0, 0.05) is 55.5 Å². The number of ether oxygens (including phenoxy) is 4. The number of carbonyl (C=O) groups excluding carboxylic acids is 4. The van der Waals surface area contributed by atoms with Crippen LogP contribution in [0.1, 0.15) is 73.0 Å². The van der Waals surface area contributed by atoms with Gasteiger partial charge >= 0.3 is 6.09 Å². The molecule has 0 spiro atoms. The summed E-state index contributed by atoms with van der Waals surface area (Å²) in [5, 5.41) is 45.2. The molecule has 15 nitrogen and oxygen atoms in total. The topological polar surface area (TPSA) is 236 Å². The summed E-state index contributed by atoms with van der Waals surface area (Å²) >= 11 is 0. The maximum absolute atomic E-state index is 13.3. The molecular weight excluding hydrogens is 726 g/mol. The average Bonchev–Trinajstić information content (AvgIpc) is 3.11. The number of allylic oxidation sites excluding steroid dienone is 4. The minimum absolute atomic E-state index is 0.0511. The highest BCUT2D eigenvalue weighted by molar-refractivity contribution is 6.23. The number of carbonyl (C=O) groups is 4. The van der Waals surface area contributed by atoms with Crippen LogP contribution in [0.15, 0.2) is 76.8 Å². The van der Waals surface area contributed by atoms with Gasteiger partial charge in [-0.25, -0.2) is 4.79 Å². The van der Waals surface area contributed by atoms with Crippen molar-refractivity contribution in [2.45, 2.75) is 97.4 Å². The Labute approximate surface area is 328 Å². The standard InChI is InChI=1S/C29H40N2O9.C12H19NO3/c1-15-11-19-25(34)20(14-21(32)27(19)39-7)31-28(35)16(2)9-8-10-22(37-5)26(40-29(30)36)18(4)13-17(3)24(33)23(12-15)38-6;1-12(2,3)13-7-11(16)8-4-9(14)6-10(15)5-8/h8-10,13-15,17,22-24,26,33H,11-12H2,1-7H3,(H2,30,36)(H,31,35);4-6,11,13-16H,7H2,1-3H3/b10-8-,16-9+,18-13+;/t15-,17+,22+,23+,24-,26+;/m1./s1. The van der Waals surface area contributed by atoms with Crippen molar-refractivity contribution in [2.75, 3.05) is 27.9 Å². The van der Waals surface area contributed by atoms with Crippen LogP contribution in [-0.2, 0) is 33.3 Å². The Hall–Kier alpha value is -4.80. The number of hydrogen-bond acceptors (Lipinski definition) is 13. The molecule has 15 heteroatoms. The average molecular weight is 786 g/mol. The smallest absolute Gasteiger partial charge is 0.405 e. The van der Waals surface area contributed by atoms with Crippen LogP contribution >= 0.6 is 0 Å². The third kappa shape index (κ3) is 14.4. The van der Waals surface area contributed by atoms with Gasteiger partial charge in [-0.15, -0.1) is 0 Å². The number of phenolic OH excluding ortho intramolecular Hbond substituents is 2. The van der Waals surface area contributed by atoms with E-state index >= 15 is 0 Å². The lowest BCUT2D eigenvalue weighted by molar-refractivity contribution is -0.120. The maximum atomic E-state index is 13.3. The molecule has 1 aliphatic heterocycles. The molecule has 2 amide bonds. The van der Waals surface area contributed by atoms with E-state index < -0.39 is 60.0 Å². The zero-order valence-corrected chi connectivity index (χ0v) is 33.9. The predicted molar refractivity (Wildman–Crippen MR) is 209 cm³/mol. The number of primary amides is 1. The van der Waals surface area contributed by atoms with Crippen molar-refractivity contribution >= 4 is 23.6 Å². The second-order valence-corrected chi connectivity index (χ2v) is 15.0. The van der Waals surface area contributed by atoms with Crippen LogP contribution in [0, 0.1) is 11.8 Å². The lowest BCUT2D eigenvalue weighted by Crippen LogP contribution is -2.38. The normalized spacial score (nSPS) is 27.3. The van der Waals surface area contributed by atoms with E-state index in [1.54, 1.807) is 32.1 Å². The Morgan fingerprint density at radius 3 is 2.20 bits per heavy atom. The number of hydrogen-bond donors (Lipinski definition) is 7. The molecule has 7 atom stereocenters. The summed E-state index contributed by atoms with van der Waals surface area (Å²) in [6.45, 7) is 13.3. The van der Waals surface area contributed by atoms with Gasteiger partial charge in [0.15, 0.2) is 11.9 Å². The van der Waals surface area contributed by atoms with Gasteiger partial charge in [0.2, 0.25) is 11.6 Å². The third-order valence-corrected chi connectivity index (χ3v) is 9.08. The summed E-state index contributed by atoms with van der Waals surface area (Å²) in [6.07, 6.45) is 2.86. The van der Waals surface area contributed by atoms with Crippen LogP contribution in [0.2, 0.25) is 0 Å². The largest absolute Gasteiger partial charge is 0.508 e. The summed E-state index contributed by atoms with van der Waals surface area (Å²) in [5.41, 5.74) is 6.53.